The third-order valence-corrected chi connectivity index (χ3v) is 6.72. The number of nitrogens with zero attached hydrogens (tertiary/aromatic N) is 2. The number of benzene rings is 3. The first-order valence-corrected chi connectivity index (χ1v) is 12.7. The predicted molar refractivity (Wildman–Crippen MR) is 145 cm³/mol. The number of hydrogen-bond donors (Lipinski definition) is 1. The number of rotatable bonds is 10. The van der Waals surface area contributed by atoms with Crippen molar-refractivity contribution >= 4 is 40.0 Å². The van der Waals surface area contributed by atoms with Crippen LogP contribution in [0.3, 0.4) is 0 Å². The molecule has 0 aliphatic heterocycles. The summed E-state index contributed by atoms with van der Waals surface area (Å²) in [4.78, 5) is 38.6. The van der Waals surface area contributed by atoms with E-state index in [0.29, 0.717) is 46.8 Å². The minimum absolute atomic E-state index is 0.0500. The number of carbonyl (C=O) groups excluding carboxylic acids is 1. The van der Waals surface area contributed by atoms with E-state index in [9.17, 15) is 14.4 Å². The molecule has 0 atom stereocenters. The molecule has 0 bridgehead atoms. The molecule has 0 aliphatic carbocycles. The van der Waals surface area contributed by atoms with Gasteiger partial charge in [-0.1, -0.05) is 65.7 Å². The lowest BCUT2D eigenvalue weighted by atomic mass is 10.1. The van der Waals surface area contributed by atoms with Gasteiger partial charge in [-0.2, -0.15) is 0 Å². The lowest BCUT2D eigenvalue weighted by Crippen LogP contribution is -2.40. The number of nitrogens with one attached hydrogen (secondary N) is 1. The van der Waals surface area contributed by atoms with Crippen LogP contribution in [-0.4, -0.2) is 21.6 Å². The SMILES string of the molecule is O=C(CCCCn1c(=O)c2ccccc2n(Cc2ccccc2Cl)c1=O)NCCc1ccc(Cl)cc1. The summed E-state index contributed by atoms with van der Waals surface area (Å²) in [5, 5.41) is 4.64. The highest BCUT2D eigenvalue weighted by Crippen LogP contribution is 2.17. The smallest absolute Gasteiger partial charge is 0.331 e. The summed E-state index contributed by atoms with van der Waals surface area (Å²) in [5.74, 6) is -0.0500. The van der Waals surface area contributed by atoms with Gasteiger partial charge >= 0.3 is 5.69 Å². The van der Waals surface area contributed by atoms with Crippen molar-refractivity contribution in [1.82, 2.24) is 14.5 Å². The Balaban J connectivity index is 1.39. The van der Waals surface area contributed by atoms with Gasteiger partial charge < -0.3 is 5.32 Å². The highest BCUT2D eigenvalue weighted by Gasteiger charge is 2.14. The van der Waals surface area contributed by atoms with Crippen molar-refractivity contribution in [2.24, 2.45) is 0 Å². The molecule has 8 heteroatoms. The summed E-state index contributed by atoms with van der Waals surface area (Å²) in [6.45, 7) is 1.04. The largest absolute Gasteiger partial charge is 0.356 e. The fourth-order valence-corrected chi connectivity index (χ4v) is 4.48. The van der Waals surface area contributed by atoms with E-state index in [1.165, 1.54) is 4.57 Å². The monoisotopic (exact) mass is 523 g/mol. The van der Waals surface area contributed by atoms with Crippen LogP contribution in [-0.2, 0) is 24.3 Å². The molecular formula is C28H27Cl2N3O3. The van der Waals surface area contributed by atoms with Crippen LogP contribution in [0, 0.1) is 0 Å². The van der Waals surface area contributed by atoms with E-state index in [2.05, 4.69) is 5.32 Å². The van der Waals surface area contributed by atoms with E-state index in [1.807, 2.05) is 42.5 Å². The van der Waals surface area contributed by atoms with E-state index >= 15 is 0 Å². The summed E-state index contributed by atoms with van der Waals surface area (Å²) in [5.41, 5.74) is 1.77. The van der Waals surface area contributed by atoms with Crippen molar-refractivity contribution in [2.45, 2.75) is 38.8 Å². The zero-order valence-electron chi connectivity index (χ0n) is 19.8. The lowest BCUT2D eigenvalue weighted by molar-refractivity contribution is -0.121. The maximum atomic E-state index is 13.3. The maximum absolute atomic E-state index is 13.3. The van der Waals surface area contributed by atoms with Crippen LogP contribution in [0.5, 0.6) is 0 Å². The van der Waals surface area contributed by atoms with Gasteiger partial charge in [0, 0.05) is 29.6 Å². The van der Waals surface area contributed by atoms with E-state index in [4.69, 9.17) is 23.2 Å². The third-order valence-electron chi connectivity index (χ3n) is 6.10. The summed E-state index contributed by atoms with van der Waals surface area (Å²) in [7, 11) is 0. The minimum atomic E-state index is -0.383. The molecule has 1 N–H and O–H groups in total. The molecule has 4 aromatic rings. The van der Waals surface area contributed by atoms with Crippen LogP contribution in [0.25, 0.3) is 10.9 Å². The Labute approximate surface area is 219 Å². The number of carbonyl (C=O) groups is 1. The molecule has 0 saturated carbocycles. The zero-order valence-corrected chi connectivity index (χ0v) is 21.3. The van der Waals surface area contributed by atoms with E-state index in [0.717, 1.165) is 17.5 Å². The topological polar surface area (TPSA) is 73.1 Å². The quantitative estimate of drug-likeness (QED) is 0.295. The Kier molecular flexibility index (Phi) is 8.62. The van der Waals surface area contributed by atoms with Crippen molar-refractivity contribution in [3.8, 4) is 0 Å². The summed E-state index contributed by atoms with van der Waals surface area (Å²) < 4.78 is 2.85. The van der Waals surface area contributed by atoms with Crippen LogP contribution < -0.4 is 16.6 Å². The van der Waals surface area contributed by atoms with Gasteiger partial charge in [-0.15, -0.1) is 0 Å². The van der Waals surface area contributed by atoms with Crippen LogP contribution in [0.2, 0.25) is 10.0 Å². The van der Waals surface area contributed by atoms with Gasteiger partial charge in [0.05, 0.1) is 17.4 Å². The first-order chi connectivity index (χ1) is 17.4. The van der Waals surface area contributed by atoms with Gasteiger partial charge in [0.2, 0.25) is 5.91 Å². The Hall–Kier alpha value is -3.35. The van der Waals surface area contributed by atoms with Gasteiger partial charge in [0.1, 0.15) is 0 Å². The summed E-state index contributed by atoms with van der Waals surface area (Å²) >= 11 is 12.2. The van der Waals surface area contributed by atoms with Crippen molar-refractivity contribution in [3.63, 3.8) is 0 Å². The molecule has 186 valence electrons. The fraction of sp³-hybridized carbons (Fsp3) is 0.250. The average molecular weight is 524 g/mol. The first-order valence-electron chi connectivity index (χ1n) is 11.9. The molecule has 0 saturated heterocycles. The van der Waals surface area contributed by atoms with E-state index in [1.54, 1.807) is 34.9 Å². The maximum Gasteiger partial charge on any atom is 0.331 e. The van der Waals surface area contributed by atoms with Crippen molar-refractivity contribution in [3.05, 3.63) is 115 Å². The molecule has 6 nitrogen and oxygen atoms in total. The lowest BCUT2D eigenvalue weighted by Gasteiger charge is -2.15. The highest BCUT2D eigenvalue weighted by atomic mass is 35.5. The molecule has 1 aromatic heterocycles. The molecule has 4 rings (SSSR count). The van der Waals surface area contributed by atoms with Gasteiger partial charge in [-0.05, 0) is 60.7 Å². The molecular weight excluding hydrogens is 497 g/mol. The van der Waals surface area contributed by atoms with Crippen LogP contribution in [0.1, 0.15) is 30.4 Å². The van der Waals surface area contributed by atoms with Crippen LogP contribution >= 0.6 is 23.2 Å². The zero-order chi connectivity index (χ0) is 25.5. The Morgan fingerprint density at radius 3 is 2.33 bits per heavy atom. The molecule has 0 aliphatic rings. The Morgan fingerprint density at radius 1 is 0.833 bits per heavy atom. The first kappa shape index (κ1) is 25.7. The molecule has 0 unspecified atom stereocenters. The second kappa shape index (κ2) is 12.1. The standard InChI is InChI=1S/C28H27Cl2N3O3/c29-22-14-12-20(13-15-22)16-17-31-26(34)11-5-6-18-32-27(35)23-8-2-4-10-25(23)33(28(32)36)19-21-7-1-3-9-24(21)30/h1-4,7-10,12-15H,5-6,11,16-19H2,(H,31,34). The Bertz CT molecular complexity index is 1480. The van der Waals surface area contributed by atoms with Gasteiger partial charge in [-0.3, -0.25) is 18.7 Å². The van der Waals surface area contributed by atoms with E-state index < -0.39 is 0 Å². The molecule has 0 radical (unpaired) electrons. The van der Waals surface area contributed by atoms with Gasteiger partial charge in [0.15, 0.2) is 0 Å². The van der Waals surface area contributed by atoms with Crippen LogP contribution in [0.15, 0.2) is 82.4 Å². The van der Waals surface area contributed by atoms with Crippen molar-refractivity contribution in [1.29, 1.82) is 0 Å². The number of amides is 1. The van der Waals surface area contributed by atoms with Crippen molar-refractivity contribution in [2.75, 3.05) is 6.54 Å². The number of aromatic nitrogens is 2. The number of unbranched alkanes of at least 4 members (excludes halogenated alkanes) is 1. The van der Waals surface area contributed by atoms with E-state index in [-0.39, 0.29) is 30.2 Å². The fourth-order valence-electron chi connectivity index (χ4n) is 4.16. The van der Waals surface area contributed by atoms with Gasteiger partial charge in [-0.25, -0.2) is 4.79 Å². The molecule has 0 fully saturated rings. The highest BCUT2D eigenvalue weighted by molar-refractivity contribution is 6.31. The normalized spacial score (nSPS) is 11.1. The second-order valence-electron chi connectivity index (χ2n) is 8.62. The molecule has 0 spiro atoms. The summed E-state index contributed by atoms with van der Waals surface area (Å²) in [6.07, 6.45) is 2.15. The number of halogens is 2. The number of fused-ring (bicyclic) bond motifs is 1. The number of para-hydroxylation sites is 1. The number of hydrogen-bond acceptors (Lipinski definition) is 3. The molecule has 3 aromatic carbocycles. The molecule has 1 amide bonds. The van der Waals surface area contributed by atoms with Gasteiger partial charge in [0.25, 0.3) is 5.56 Å². The van der Waals surface area contributed by atoms with Crippen molar-refractivity contribution < 1.29 is 4.79 Å². The minimum Gasteiger partial charge on any atom is -0.356 e. The molecule has 1 heterocycles. The predicted octanol–water partition coefficient (Wildman–Crippen LogP) is 5.05. The third kappa shape index (κ3) is 6.25. The Morgan fingerprint density at radius 2 is 1.56 bits per heavy atom. The average Bonchev–Trinajstić information content (AvgIpc) is 2.88. The second-order valence-corrected chi connectivity index (χ2v) is 9.46. The summed E-state index contributed by atoms with van der Waals surface area (Å²) in [6, 6.07) is 22.0. The molecule has 36 heavy (non-hydrogen) atoms. The van der Waals surface area contributed by atoms with Crippen LogP contribution in [0.4, 0.5) is 0 Å².